The number of hydrogen-bond acceptors (Lipinski definition) is 3. The summed E-state index contributed by atoms with van der Waals surface area (Å²) in [6, 6.07) is 6.22. The molecule has 1 N–H and O–H groups in total. The van der Waals surface area contributed by atoms with E-state index >= 15 is 0 Å². The van der Waals surface area contributed by atoms with Gasteiger partial charge in [-0.15, -0.1) is 0 Å². The topological polar surface area (TPSA) is 30.5 Å². The minimum atomic E-state index is 0.246. The van der Waals surface area contributed by atoms with Crippen LogP contribution in [0.3, 0.4) is 0 Å². The molecule has 1 rings (SSSR count). The summed E-state index contributed by atoms with van der Waals surface area (Å²) in [7, 11) is 1.71. The predicted octanol–water partition coefficient (Wildman–Crippen LogP) is 2.52. The molecule has 0 saturated carbocycles. The summed E-state index contributed by atoms with van der Waals surface area (Å²) in [6.07, 6.45) is 0.246. The van der Waals surface area contributed by atoms with Gasteiger partial charge < -0.3 is 14.8 Å². The van der Waals surface area contributed by atoms with E-state index in [0.717, 1.165) is 25.4 Å². The van der Waals surface area contributed by atoms with Crippen molar-refractivity contribution in [2.24, 2.45) is 0 Å². The van der Waals surface area contributed by atoms with Gasteiger partial charge in [0.05, 0.1) is 13.2 Å². The molecule has 1 aromatic rings. The van der Waals surface area contributed by atoms with Gasteiger partial charge in [0.1, 0.15) is 5.75 Å². The Bertz CT molecular complexity index is 339. The molecule has 0 spiro atoms. The van der Waals surface area contributed by atoms with E-state index in [1.54, 1.807) is 7.11 Å². The molecule has 0 aliphatic rings. The number of methoxy groups -OCH3 is 1. The van der Waals surface area contributed by atoms with Crippen LogP contribution in [0.1, 0.15) is 25.0 Å². The quantitative estimate of drug-likeness (QED) is 0.790. The molecule has 3 nitrogen and oxygen atoms in total. The zero-order valence-corrected chi connectivity index (χ0v) is 11.2. The van der Waals surface area contributed by atoms with Crippen LogP contribution in [0.15, 0.2) is 18.2 Å². The van der Waals surface area contributed by atoms with Crippen molar-refractivity contribution in [1.82, 2.24) is 5.32 Å². The molecular weight excluding hydrogens is 214 g/mol. The monoisotopic (exact) mass is 237 g/mol. The van der Waals surface area contributed by atoms with Crippen molar-refractivity contribution in [3.8, 4) is 5.75 Å². The maximum absolute atomic E-state index is 5.47. The summed E-state index contributed by atoms with van der Waals surface area (Å²) < 4.78 is 10.8. The van der Waals surface area contributed by atoms with Gasteiger partial charge in [-0.2, -0.15) is 0 Å². The summed E-state index contributed by atoms with van der Waals surface area (Å²) in [5.41, 5.74) is 2.44. The number of ether oxygens (including phenoxy) is 2. The number of benzene rings is 1. The van der Waals surface area contributed by atoms with Crippen molar-refractivity contribution in [2.45, 2.75) is 33.4 Å². The number of nitrogens with one attached hydrogen (secondary N) is 1. The molecule has 0 bridgehead atoms. The molecule has 0 radical (unpaired) electrons. The van der Waals surface area contributed by atoms with Crippen LogP contribution in [-0.2, 0) is 11.3 Å². The highest BCUT2D eigenvalue weighted by atomic mass is 16.5. The lowest BCUT2D eigenvalue weighted by atomic mass is 10.1. The van der Waals surface area contributed by atoms with Gasteiger partial charge >= 0.3 is 0 Å². The normalized spacial score (nSPS) is 12.5. The molecule has 17 heavy (non-hydrogen) atoms. The molecule has 0 aliphatic carbocycles. The lowest BCUT2D eigenvalue weighted by Crippen LogP contribution is -2.26. The lowest BCUT2D eigenvalue weighted by molar-refractivity contribution is 0.0759. The second kappa shape index (κ2) is 7.30. The Balaban J connectivity index is 2.48. The first-order valence-electron chi connectivity index (χ1n) is 6.13. The smallest absolute Gasteiger partial charge is 0.123 e. The highest BCUT2D eigenvalue weighted by Crippen LogP contribution is 2.19. The first kappa shape index (κ1) is 14.0. The van der Waals surface area contributed by atoms with Crippen LogP contribution < -0.4 is 10.1 Å². The number of hydrogen-bond donors (Lipinski definition) is 1. The van der Waals surface area contributed by atoms with Crippen LogP contribution in [0.2, 0.25) is 0 Å². The van der Waals surface area contributed by atoms with Crippen LogP contribution in [0.5, 0.6) is 5.75 Å². The van der Waals surface area contributed by atoms with Crippen molar-refractivity contribution in [1.29, 1.82) is 0 Å². The average molecular weight is 237 g/mol. The van der Waals surface area contributed by atoms with Gasteiger partial charge in [-0.05, 0) is 26.8 Å². The average Bonchev–Trinajstić information content (AvgIpc) is 2.30. The van der Waals surface area contributed by atoms with Gasteiger partial charge in [-0.3, -0.25) is 0 Å². The maximum atomic E-state index is 5.47. The maximum Gasteiger partial charge on any atom is 0.123 e. The largest absolute Gasteiger partial charge is 0.496 e. The van der Waals surface area contributed by atoms with Gasteiger partial charge in [0.25, 0.3) is 0 Å². The standard InChI is InChI=1S/C14H23NO2/c1-5-17-12(3)9-15-10-13-8-11(2)6-7-14(13)16-4/h6-8,12,15H,5,9-10H2,1-4H3. The van der Waals surface area contributed by atoms with E-state index in [2.05, 4.69) is 31.3 Å². The molecule has 0 heterocycles. The van der Waals surface area contributed by atoms with Gasteiger partial charge in [-0.25, -0.2) is 0 Å². The van der Waals surface area contributed by atoms with Crippen LogP contribution >= 0.6 is 0 Å². The van der Waals surface area contributed by atoms with Crippen LogP contribution in [0, 0.1) is 6.92 Å². The Morgan fingerprint density at radius 2 is 2.12 bits per heavy atom. The molecule has 0 amide bonds. The third-order valence-corrected chi connectivity index (χ3v) is 2.63. The Morgan fingerprint density at radius 1 is 1.35 bits per heavy atom. The van der Waals surface area contributed by atoms with E-state index in [1.165, 1.54) is 11.1 Å². The van der Waals surface area contributed by atoms with E-state index < -0.39 is 0 Å². The fourth-order valence-electron chi connectivity index (χ4n) is 1.80. The molecule has 96 valence electrons. The predicted molar refractivity (Wildman–Crippen MR) is 70.5 cm³/mol. The first-order chi connectivity index (χ1) is 8.17. The molecule has 1 atom stereocenters. The first-order valence-corrected chi connectivity index (χ1v) is 6.13. The van der Waals surface area contributed by atoms with Gasteiger partial charge in [0.15, 0.2) is 0 Å². The fourth-order valence-corrected chi connectivity index (χ4v) is 1.80. The molecule has 0 aliphatic heterocycles. The third kappa shape index (κ3) is 4.75. The lowest BCUT2D eigenvalue weighted by Gasteiger charge is -2.14. The summed E-state index contributed by atoms with van der Waals surface area (Å²) in [5.74, 6) is 0.937. The van der Waals surface area contributed by atoms with Gasteiger partial charge in [0.2, 0.25) is 0 Å². The number of rotatable bonds is 7. The SMILES string of the molecule is CCOC(C)CNCc1cc(C)ccc1OC. The van der Waals surface area contributed by atoms with Crippen LogP contribution in [0.4, 0.5) is 0 Å². The zero-order chi connectivity index (χ0) is 12.7. The molecule has 1 aromatic carbocycles. The highest BCUT2D eigenvalue weighted by Gasteiger charge is 2.04. The Kier molecular flexibility index (Phi) is 6.01. The molecule has 1 unspecified atom stereocenters. The minimum Gasteiger partial charge on any atom is -0.496 e. The van der Waals surface area contributed by atoms with E-state index in [1.807, 2.05) is 13.0 Å². The van der Waals surface area contributed by atoms with Crippen molar-refractivity contribution < 1.29 is 9.47 Å². The summed E-state index contributed by atoms with van der Waals surface area (Å²) in [5, 5.41) is 3.38. The minimum absolute atomic E-state index is 0.246. The molecule has 3 heteroatoms. The molecule has 0 aromatic heterocycles. The van der Waals surface area contributed by atoms with Crippen LogP contribution in [0.25, 0.3) is 0 Å². The molecule has 0 saturated heterocycles. The fraction of sp³-hybridized carbons (Fsp3) is 0.571. The van der Waals surface area contributed by atoms with Crippen molar-refractivity contribution in [3.05, 3.63) is 29.3 Å². The third-order valence-electron chi connectivity index (χ3n) is 2.63. The van der Waals surface area contributed by atoms with Gasteiger partial charge in [0, 0.05) is 25.3 Å². The van der Waals surface area contributed by atoms with Crippen molar-refractivity contribution in [2.75, 3.05) is 20.3 Å². The Morgan fingerprint density at radius 3 is 2.76 bits per heavy atom. The second-order valence-electron chi connectivity index (χ2n) is 4.21. The van der Waals surface area contributed by atoms with E-state index in [4.69, 9.17) is 9.47 Å². The molecule has 0 fully saturated rings. The molecular formula is C14H23NO2. The number of aryl methyl sites for hydroxylation is 1. The van der Waals surface area contributed by atoms with E-state index in [0.29, 0.717) is 0 Å². The highest BCUT2D eigenvalue weighted by molar-refractivity contribution is 5.36. The van der Waals surface area contributed by atoms with Crippen molar-refractivity contribution in [3.63, 3.8) is 0 Å². The van der Waals surface area contributed by atoms with Crippen LogP contribution in [-0.4, -0.2) is 26.4 Å². The Hall–Kier alpha value is -1.06. The van der Waals surface area contributed by atoms with Crippen molar-refractivity contribution >= 4 is 0 Å². The Labute approximate surface area is 104 Å². The summed E-state index contributed by atoms with van der Waals surface area (Å²) in [6.45, 7) is 8.60. The van der Waals surface area contributed by atoms with E-state index in [-0.39, 0.29) is 6.10 Å². The zero-order valence-electron chi connectivity index (χ0n) is 11.2. The second-order valence-corrected chi connectivity index (χ2v) is 4.21. The van der Waals surface area contributed by atoms with Gasteiger partial charge in [-0.1, -0.05) is 17.7 Å². The summed E-state index contributed by atoms with van der Waals surface area (Å²) >= 11 is 0. The van der Waals surface area contributed by atoms with E-state index in [9.17, 15) is 0 Å². The summed E-state index contributed by atoms with van der Waals surface area (Å²) in [4.78, 5) is 0.